The number of methoxy groups -OCH3 is 1. The largest absolute Gasteiger partial charge is 0.467 e. The molecule has 0 saturated carbocycles. The fourth-order valence-electron chi connectivity index (χ4n) is 2.63. The second-order valence-corrected chi connectivity index (χ2v) is 6.80. The number of aromatic nitrogens is 1. The van der Waals surface area contributed by atoms with E-state index in [1.54, 1.807) is 11.3 Å². The lowest BCUT2D eigenvalue weighted by molar-refractivity contribution is -0.154. The molecular weight excluding hydrogens is 288 g/mol. The topological polar surface area (TPSA) is 62.7 Å². The normalized spacial score (nSPS) is 18.9. The van der Waals surface area contributed by atoms with E-state index in [9.17, 15) is 9.90 Å². The van der Waals surface area contributed by atoms with E-state index < -0.39 is 12.1 Å². The highest BCUT2D eigenvalue weighted by Crippen LogP contribution is 2.24. The molecule has 1 saturated heterocycles. The number of carbonyl (C=O) groups is 1. The zero-order valence-corrected chi connectivity index (χ0v) is 13.7. The predicted molar refractivity (Wildman–Crippen MR) is 82.2 cm³/mol. The van der Waals surface area contributed by atoms with Crippen LogP contribution >= 0.6 is 11.3 Å². The number of esters is 1. The third-order valence-electron chi connectivity index (χ3n) is 3.97. The van der Waals surface area contributed by atoms with Gasteiger partial charge in [0, 0.05) is 17.8 Å². The first-order chi connectivity index (χ1) is 10.0. The van der Waals surface area contributed by atoms with Crippen LogP contribution in [0.25, 0.3) is 0 Å². The minimum absolute atomic E-state index is 0.00959. The summed E-state index contributed by atoms with van der Waals surface area (Å²) in [5, 5.41) is 13.2. The molecule has 0 aliphatic carbocycles. The number of ether oxygens (including phenoxy) is 1. The lowest BCUT2D eigenvalue weighted by atomic mass is 9.91. The summed E-state index contributed by atoms with van der Waals surface area (Å²) in [6.07, 6.45) is 0.651. The van der Waals surface area contributed by atoms with Crippen molar-refractivity contribution >= 4 is 17.3 Å². The molecule has 1 atom stereocenters. The van der Waals surface area contributed by atoms with Crippen molar-refractivity contribution in [3.63, 3.8) is 0 Å². The van der Waals surface area contributed by atoms with Gasteiger partial charge in [0.15, 0.2) is 6.10 Å². The number of hydrogen-bond acceptors (Lipinski definition) is 6. The van der Waals surface area contributed by atoms with Crippen molar-refractivity contribution in [3.8, 4) is 0 Å². The van der Waals surface area contributed by atoms with Gasteiger partial charge < -0.3 is 9.84 Å². The van der Waals surface area contributed by atoms with Gasteiger partial charge >= 0.3 is 5.97 Å². The maximum Gasteiger partial charge on any atom is 0.334 e. The molecule has 0 amide bonds. The minimum atomic E-state index is -0.982. The first-order valence-corrected chi connectivity index (χ1v) is 8.31. The highest BCUT2D eigenvalue weighted by molar-refractivity contribution is 7.09. The van der Waals surface area contributed by atoms with Gasteiger partial charge in [-0.3, -0.25) is 4.90 Å². The summed E-state index contributed by atoms with van der Waals surface area (Å²) in [7, 11) is 1.31. The quantitative estimate of drug-likeness (QED) is 0.843. The van der Waals surface area contributed by atoms with Crippen LogP contribution in [0.3, 0.4) is 0 Å². The number of likely N-dealkylation sites (tertiary alicyclic amines) is 1. The Balaban J connectivity index is 1.82. The predicted octanol–water partition coefficient (Wildman–Crippen LogP) is 2.01. The molecule has 1 aliphatic heterocycles. The van der Waals surface area contributed by atoms with Gasteiger partial charge in [-0.15, -0.1) is 11.3 Å². The van der Waals surface area contributed by atoms with Crippen LogP contribution in [0.5, 0.6) is 0 Å². The zero-order valence-electron chi connectivity index (χ0n) is 12.9. The molecule has 0 radical (unpaired) electrons. The molecule has 2 heterocycles. The Morgan fingerprint density at radius 2 is 2.19 bits per heavy atom. The van der Waals surface area contributed by atoms with Crippen molar-refractivity contribution < 1.29 is 14.6 Å². The number of aliphatic hydroxyl groups excluding tert-OH is 1. The fourth-order valence-corrected chi connectivity index (χ4v) is 3.46. The van der Waals surface area contributed by atoms with Gasteiger partial charge in [0.25, 0.3) is 0 Å². The van der Waals surface area contributed by atoms with E-state index in [2.05, 4.69) is 33.8 Å². The Bertz CT molecular complexity index is 467. The molecule has 2 rings (SSSR count). The lowest BCUT2D eigenvalue weighted by Gasteiger charge is -2.32. The lowest BCUT2D eigenvalue weighted by Crippen LogP contribution is -2.40. The third-order valence-corrected chi connectivity index (χ3v) is 5.16. The minimum Gasteiger partial charge on any atom is -0.467 e. The van der Waals surface area contributed by atoms with Crippen LogP contribution in [-0.2, 0) is 16.1 Å². The van der Waals surface area contributed by atoms with Crippen LogP contribution in [0.15, 0.2) is 5.38 Å². The Morgan fingerprint density at radius 3 is 2.71 bits per heavy atom. The van der Waals surface area contributed by atoms with Crippen molar-refractivity contribution in [2.45, 2.75) is 45.3 Å². The Hall–Kier alpha value is -0.980. The van der Waals surface area contributed by atoms with Crippen LogP contribution in [0.4, 0.5) is 0 Å². The number of carbonyl (C=O) groups excluding carboxylic acids is 1. The maximum absolute atomic E-state index is 11.4. The summed E-state index contributed by atoms with van der Waals surface area (Å²) < 4.78 is 4.60. The molecule has 0 aromatic carbocycles. The molecule has 1 aromatic rings. The van der Waals surface area contributed by atoms with Gasteiger partial charge in [0.05, 0.1) is 17.8 Å². The summed E-state index contributed by atoms with van der Waals surface area (Å²) in [5.41, 5.74) is 1.12. The molecule has 5 nitrogen and oxygen atoms in total. The Labute approximate surface area is 129 Å². The average molecular weight is 312 g/mol. The number of aliphatic hydroxyl groups is 1. The summed E-state index contributed by atoms with van der Waals surface area (Å²) in [5.74, 6) is -0.0328. The summed E-state index contributed by atoms with van der Waals surface area (Å²) in [6, 6.07) is 0. The number of piperidine rings is 1. The Morgan fingerprint density at radius 1 is 1.52 bits per heavy atom. The van der Waals surface area contributed by atoms with E-state index in [0.29, 0.717) is 5.92 Å². The van der Waals surface area contributed by atoms with Crippen LogP contribution in [0.1, 0.15) is 43.3 Å². The molecule has 118 valence electrons. The van der Waals surface area contributed by atoms with Crippen molar-refractivity contribution in [2.24, 2.45) is 5.92 Å². The highest BCUT2D eigenvalue weighted by atomic mass is 32.1. The van der Waals surface area contributed by atoms with E-state index >= 15 is 0 Å². The number of nitrogens with zero attached hydrogens (tertiary/aromatic N) is 2. The molecule has 1 N–H and O–H groups in total. The molecular formula is C15H24N2O3S. The molecule has 6 heteroatoms. The van der Waals surface area contributed by atoms with Crippen LogP contribution in [0, 0.1) is 5.92 Å². The maximum atomic E-state index is 11.4. The standard InChI is InChI=1S/C15H24N2O3S/c1-10(2)14-16-12(9-21-14)8-17-6-4-11(5-7-17)13(18)15(19)20-3/h9-11,13,18H,4-8H2,1-3H3. The van der Waals surface area contributed by atoms with Crippen LogP contribution in [-0.4, -0.2) is 47.3 Å². The second-order valence-electron chi connectivity index (χ2n) is 5.91. The molecule has 0 bridgehead atoms. The number of thiazole rings is 1. The SMILES string of the molecule is COC(=O)C(O)C1CCN(Cc2csc(C(C)C)n2)CC1. The van der Waals surface area contributed by atoms with E-state index in [-0.39, 0.29) is 5.92 Å². The summed E-state index contributed by atoms with van der Waals surface area (Å²) in [4.78, 5) is 18.3. The number of rotatable bonds is 5. The van der Waals surface area contributed by atoms with Crippen molar-refractivity contribution in [1.82, 2.24) is 9.88 Å². The molecule has 1 aromatic heterocycles. The molecule has 1 unspecified atom stereocenters. The van der Waals surface area contributed by atoms with Crippen LogP contribution < -0.4 is 0 Å². The first kappa shape index (κ1) is 16.4. The van der Waals surface area contributed by atoms with E-state index in [1.807, 2.05) is 0 Å². The van der Waals surface area contributed by atoms with E-state index in [4.69, 9.17) is 0 Å². The molecule has 21 heavy (non-hydrogen) atoms. The second kappa shape index (κ2) is 7.33. The summed E-state index contributed by atoms with van der Waals surface area (Å²) in [6.45, 7) is 6.93. The van der Waals surface area contributed by atoms with Gasteiger partial charge in [0.1, 0.15) is 0 Å². The third kappa shape index (κ3) is 4.25. The smallest absolute Gasteiger partial charge is 0.334 e. The van der Waals surface area contributed by atoms with Crippen molar-refractivity contribution in [1.29, 1.82) is 0 Å². The molecule has 0 spiro atoms. The van der Waals surface area contributed by atoms with Gasteiger partial charge in [-0.1, -0.05) is 13.8 Å². The van der Waals surface area contributed by atoms with E-state index in [1.165, 1.54) is 12.1 Å². The van der Waals surface area contributed by atoms with Gasteiger partial charge in [0.2, 0.25) is 0 Å². The highest BCUT2D eigenvalue weighted by Gasteiger charge is 2.30. The van der Waals surface area contributed by atoms with Crippen molar-refractivity contribution in [3.05, 3.63) is 16.1 Å². The number of hydrogen-bond donors (Lipinski definition) is 1. The monoisotopic (exact) mass is 312 g/mol. The van der Waals surface area contributed by atoms with Gasteiger partial charge in [-0.05, 0) is 31.8 Å². The van der Waals surface area contributed by atoms with Crippen LogP contribution in [0.2, 0.25) is 0 Å². The van der Waals surface area contributed by atoms with Gasteiger partial charge in [-0.25, -0.2) is 9.78 Å². The molecule has 1 aliphatic rings. The van der Waals surface area contributed by atoms with Gasteiger partial charge in [-0.2, -0.15) is 0 Å². The summed E-state index contributed by atoms with van der Waals surface area (Å²) >= 11 is 1.72. The van der Waals surface area contributed by atoms with E-state index in [0.717, 1.165) is 38.2 Å². The molecule has 1 fully saturated rings. The average Bonchev–Trinajstić information content (AvgIpc) is 2.95. The van der Waals surface area contributed by atoms with Crippen molar-refractivity contribution in [2.75, 3.05) is 20.2 Å². The Kier molecular flexibility index (Phi) is 5.72. The zero-order chi connectivity index (χ0) is 15.4. The fraction of sp³-hybridized carbons (Fsp3) is 0.733. The first-order valence-electron chi connectivity index (χ1n) is 7.43.